The number of H-pyrrole nitrogens is 1. The van der Waals surface area contributed by atoms with E-state index in [4.69, 9.17) is 44.3 Å². The Hall–Kier alpha value is -9.06. The van der Waals surface area contributed by atoms with Gasteiger partial charge in [-0.05, 0) is 66.0 Å². The lowest BCUT2D eigenvalue weighted by molar-refractivity contribution is 0.620. The zero-order valence-corrected chi connectivity index (χ0v) is 36.0. The number of nitrogens with zero attached hydrogens (tertiary/aromatic N) is 8. The average Bonchev–Trinajstić information content (AvgIpc) is 4.14. The van der Waals surface area contributed by atoms with E-state index in [0.717, 1.165) is 81.0 Å². The number of pyridine rings is 2. The van der Waals surface area contributed by atoms with Gasteiger partial charge in [-0.3, -0.25) is 4.98 Å². The molecule has 14 rings (SSSR count). The molecule has 10 nitrogen and oxygen atoms in total. The van der Waals surface area contributed by atoms with Gasteiger partial charge in [0.2, 0.25) is 5.89 Å². The average molecular weight is 878 g/mol. The molecule has 1 N–H and O–H groups in total. The Morgan fingerprint density at radius 3 is 2.00 bits per heavy atom. The molecule has 0 aliphatic heterocycles. The van der Waals surface area contributed by atoms with Crippen LogP contribution in [0.25, 0.3) is 143 Å². The first-order chi connectivity index (χ1) is 33.2. The second kappa shape index (κ2) is 14.7. The van der Waals surface area contributed by atoms with Crippen molar-refractivity contribution in [2.75, 3.05) is 0 Å². The summed E-state index contributed by atoms with van der Waals surface area (Å²) in [6, 6.07) is 56.9. The summed E-state index contributed by atoms with van der Waals surface area (Å²) < 4.78 is 7.91. The largest absolute Gasteiger partial charge is 0.436 e. The quantitative estimate of drug-likeness (QED) is 0.173. The lowest BCUT2D eigenvalue weighted by atomic mass is 9.89. The number of para-hydroxylation sites is 6. The maximum Gasteiger partial charge on any atom is 0.228 e. The van der Waals surface area contributed by atoms with Gasteiger partial charge in [-0.1, -0.05) is 109 Å². The van der Waals surface area contributed by atoms with Crippen molar-refractivity contribution in [3.63, 3.8) is 0 Å². The summed E-state index contributed by atoms with van der Waals surface area (Å²) in [5.74, 6) is 0.805. The highest BCUT2D eigenvalue weighted by atomic mass is 32.1. The molecule has 0 aliphatic carbocycles. The van der Waals surface area contributed by atoms with Crippen molar-refractivity contribution in [3.05, 3.63) is 182 Å². The first-order valence-electron chi connectivity index (χ1n) is 21.8. The molecule has 7 aromatic heterocycles. The third-order valence-electron chi connectivity index (χ3n) is 12.4. The van der Waals surface area contributed by atoms with E-state index in [2.05, 4.69) is 59.6 Å². The Bertz CT molecular complexity index is 4220. The van der Waals surface area contributed by atoms with Crippen LogP contribution in [-0.4, -0.2) is 44.9 Å². The van der Waals surface area contributed by atoms with Crippen LogP contribution >= 0.6 is 11.3 Å². The second-order valence-electron chi connectivity index (χ2n) is 16.4. The summed E-state index contributed by atoms with van der Waals surface area (Å²) in [4.78, 5) is 46.7. The lowest BCUT2D eigenvalue weighted by Crippen LogP contribution is -2.06. The lowest BCUT2D eigenvalue weighted by Gasteiger charge is -2.21. The molecule has 0 bridgehead atoms. The van der Waals surface area contributed by atoms with E-state index in [9.17, 15) is 0 Å². The predicted molar refractivity (Wildman–Crippen MR) is 268 cm³/mol. The molecule has 0 atom stereocenters. The standard InChI is InChI=1S/C56H31N9OS/c1-5-17-35-31(13-1)27-28-57-49(35)52-53(54-58-30-34-16-4-8-20-38(34)61-54)65-51-48(56-63-40-22-10-12-24-44(40)67-56)47(55-62-39-21-9-11-23-43(39)66-55)45(42-29-33-15-3-7-19-37(33)60-42)46(50(51)64-52)41-26-25-32-14-2-6-18-36(32)59-41/h1-30,60H. The number of oxazole rings is 1. The first kappa shape index (κ1) is 37.3. The molecule has 0 saturated heterocycles. The van der Waals surface area contributed by atoms with Crippen LogP contribution in [0.15, 0.2) is 187 Å². The fraction of sp³-hybridized carbons (Fsp3) is 0. The van der Waals surface area contributed by atoms with E-state index in [1.165, 1.54) is 0 Å². The number of nitrogens with one attached hydrogen (secondary N) is 1. The molecule has 0 radical (unpaired) electrons. The summed E-state index contributed by atoms with van der Waals surface area (Å²) in [7, 11) is 0. The van der Waals surface area contributed by atoms with Crippen molar-refractivity contribution in [2.24, 2.45) is 0 Å². The van der Waals surface area contributed by atoms with E-state index in [1.807, 2.05) is 128 Å². The molecule has 0 amide bonds. The van der Waals surface area contributed by atoms with Gasteiger partial charge in [0, 0.05) is 56.3 Å². The zero-order valence-electron chi connectivity index (χ0n) is 35.2. The molecule has 7 aromatic carbocycles. The molecule has 0 spiro atoms. The van der Waals surface area contributed by atoms with Crippen LogP contribution in [0.2, 0.25) is 0 Å². The first-order valence-corrected chi connectivity index (χ1v) is 22.6. The van der Waals surface area contributed by atoms with E-state index < -0.39 is 0 Å². The number of aromatic amines is 1. The van der Waals surface area contributed by atoms with Crippen molar-refractivity contribution >= 4 is 87.2 Å². The smallest absolute Gasteiger partial charge is 0.228 e. The van der Waals surface area contributed by atoms with E-state index in [-0.39, 0.29) is 0 Å². The third kappa shape index (κ3) is 6.02. The van der Waals surface area contributed by atoms with Crippen LogP contribution in [-0.2, 0) is 0 Å². The van der Waals surface area contributed by atoms with Crippen molar-refractivity contribution in [2.45, 2.75) is 0 Å². The monoisotopic (exact) mass is 877 g/mol. The summed E-state index contributed by atoms with van der Waals surface area (Å²) in [5, 5.41) is 5.60. The Labute approximate surface area is 384 Å². The Kier molecular flexibility index (Phi) is 8.21. The second-order valence-corrected chi connectivity index (χ2v) is 17.4. The summed E-state index contributed by atoms with van der Waals surface area (Å²) in [5.41, 5.74) is 12.0. The van der Waals surface area contributed by atoms with Crippen molar-refractivity contribution in [1.82, 2.24) is 44.9 Å². The topological polar surface area (TPSA) is 132 Å². The molecular weight excluding hydrogens is 847 g/mol. The van der Waals surface area contributed by atoms with Gasteiger partial charge in [-0.2, -0.15) is 0 Å². The number of aromatic nitrogens is 9. The molecule has 312 valence electrons. The molecule has 0 unspecified atom stereocenters. The van der Waals surface area contributed by atoms with Gasteiger partial charge >= 0.3 is 0 Å². The van der Waals surface area contributed by atoms with E-state index in [0.29, 0.717) is 62.2 Å². The Morgan fingerprint density at radius 1 is 0.448 bits per heavy atom. The fourth-order valence-corrected chi connectivity index (χ4v) is 10.3. The van der Waals surface area contributed by atoms with Crippen LogP contribution in [0, 0.1) is 0 Å². The number of fused-ring (bicyclic) bond motifs is 7. The van der Waals surface area contributed by atoms with Crippen LogP contribution < -0.4 is 0 Å². The van der Waals surface area contributed by atoms with Gasteiger partial charge < -0.3 is 9.40 Å². The Balaban J connectivity index is 1.24. The van der Waals surface area contributed by atoms with Gasteiger partial charge in [0.15, 0.2) is 11.4 Å². The highest BCUT2D eigenvalue weighted by molar-refractivity contribution is 7.21. The van der Waals surface area contributed by atoms with Gasteiger partial charge in [0.05, 0.1) is 43.8 Å². The van der Waals surface area contributed by atoms with Crippen molar-refractivity contribution < 1.29 is 4.42 Å². The maximum atomic E-state index is 6.89. The molecule has 0 aliphatic rings. The highest BCUT2D eigenvalue weighted by Crippen LogP contribution is 2.52. The molecular formula is C56H31N9OS. The van der Waals surface area contributed by atoms with Gasteiger partial charge in [-0.15, -0.1) is 11.3 Å². The molecule has 67 heavy (non-hydrogen) atoms. The van der Waals surface area contributed by atoms with Crippen LogP contribution in [0.4, 0.5) is 0 Å². The SMILES string of the molecule is c1ccc2nc(-c3c(-c4cc5ccccc5[nH]4)c(-c4nc5ccccc5o4)c(-c4nc5ccccc5s4)c4nc(-c5ncc6ccccc6n5)c(-c5nccc6ccccc56)nc34)ccc2c1. The minimum Gasteiger partial charge on any atom is -0.436 e. The van der Waals surface area contributed by atoms with Crippen LogP contribution in [0.5, 0.6) is 0 Å². The number of thiazole rings is 1. The summed E-state index contributed by atoms with van der Waals surface area (Å²) >= 11 is 1.58. The molecule has 0 saturated carbocycles. The molecule has 14 aromatic rings. The minimum atomic E-state index is 0.401. The minimum absolute atomic E-state index is 0.401. The van der Waals surface area contributed by atoms with Gasteiger partial charge in [0.1, 0.15) is 32.9 Å². The summed E-state index contributed by atoms with van der Waals surface area (Å²) in [6.45, 7) is 0. The van der Waals surface area contributed by atoms with Crippen molar-refractivity contribution in [3.8, 4) is 67.4 Å². The van der Waals surface area contributed by atoms with Crippen LogP contribution in [0.1, 0.15) is 0 Å². The molecule has 0 fully saturated rings. The third-order valence-corrected chi connectivity index (χ3v) is 13.4. The van der Waals surface area contributed by atoms with Gasteiger partial charge in [0.25, 0.3) is 0 Å². The Morgan fingerprint density at radius 2 is 1.15 bits per heavy atom. The van der Waals surface area contributed by atoms with Crippen LogP contribution in [0.3, 0.4) is 0 Å². The number of hydrogen-bond donors (Lipinski definition) is 1. The normalized spacial score (nSPS) is 11.9. The number of benzene rings is 7. The number of hydrogen-bond acceptors (Lipinski definition) is 10. The van der Waals surface area contributed by atoms with E-state index in [1.54, 1.807) is 11.3 Å². The fourth-order valence-electron chi connectivity index (χ4n) is 9.30. The zero-order chi connectivity index (χ0) is 44.0. The predicted octanol–water partition coefficient (Wildman–Crippen LogP) is 13.9. The highest BCUT2D eigenvalue weighted by Gasteiger charge is 2.33. The molecule has 11 heteroatoms. The van der Waals surface area contributed by atoms with Gasteiger partial charge in [-0.25, -0.2) is 34.9 Å². The molecule has 7 heterocycles. The maximum absolute atomic E-state index is 6.89. The number of rotatable bonds is 6. The van der Waals surface area contributed by atoms with E-state index >= 15 is 0 Å². The summed E-state index contributed by atoms with van der Waals surface area (Å²) in [6.07, 6.45) is 3.66. The van der Waals surface area contributed by atoms with Crippen molar-refractivity contribution in [1.29, 1.82) is 0 Å².